The maximum Gasteiger partial charge on any atom is 0.472 e. The van der Waals surface area contributed by atoms with E-state index < -0.39 is 7.12 Å². The molecule has 0 spiro atoms. The predicted octanol–water partition coefficient (Wildman–Crippen LogP) is -0.466. The highest BCUT2D eigenvalue weighted by Gasteiger charge is 2.24. The van der Waals surface area contributed by atoms with Gasteiger partial charge in [-0.3, -0.25) is 0 Å². The Kier molecular flexibility index (Phi) is 2.51. The molecule has 1 fully saturated rings. The van der Waals surface area contributed by atoms with E-state index in [9.17, 15) is 0 Å². The van der Waals surface area contributed by atoms with Crippen LogP contribution in [-0.2, 0) is 4.65 Å². The van der Waals surface area contributed by atoms with Gasteiger partial charge in [0.15, 0.2) is 0 Å². The van der Waals surface area contributed by atoms with Crippen LogP contribution in [0.5, 0.6) is 0 Å². The highest BCUT2D eigenvalue weighted by Crippen LogP contribution is 2.07. The Morgan fingerprint density at radius 2 is 2.33 bits per heavy atom. The van der Waals surface area contributed by atoms with E-state index in [4.69, 9.17) is 15.4 Å². The molecule has 0 bridgehead atoms. The van der Waals surface area contributed by atoms with Crippen molar-refractivity contribution >= 4 is 7.12 Å². The summed E-state index contributed by atoms with van der Waals surface area (Å²) >= 11 is 0. The largest absolute Gasteiger partial charge is 0.472 e. The van der Waals surface area contributed by atoms with Crippen molar-refractivity contribution in [1.82, 2.24) is 0 Å². The first-order valence-electron chi connectivity index (χ1n) is 3.36. The summed E-state index contributed by atoms with van der Waals surface area (Å²) in [7, 11) is -0.729. The lowest BCUT2D eigenvalue weighted by molar-refractivity contribution is 0.259. The summed E-state index contributed by atoms with van der Waals surface area (Å²) in [5.74, 6) is -0.174. The van der Waals surface area contributed by atoms with Crippen LogP contribution in [-0.4, -0.2) is 24.7 Å². The molecule has 4 heteroatoms. The summed E-state index contributed by atoms with van der Waals surface area (Å²) in [5.41, 5.74) is 5.50. The van der Waals surface area contributed by atoms with Gasteiger partial charge in [0.05, 0.1) is 0 Å². The van der Waals surface area contributed by atoms with Gasteiger partial charge in [-0.1, -0.05) is 6.42 Å². The third kappa shape index (κ3) is 1.97. The fraction of sp³-hybridized carbons (Fsp3) is 1.00. The van der Waals surface area contributed by atoms with Crippen molar-refractivity contribution < 1.29 is 9.68 Å². The highest BCUT2D eigenvalue weighted by molar-refractivity contribution is 6.44. The van der Waals surface area contributed by atoms with Crippen LogP contribution in [0, 0.1) is 0 Å². The van der Waals surface area contributed by atoms with Crippen LogP contribution in [0.4, 0.5) is 0 Å². The van der Waals surface area contributed by atoms with Crippen molar-refractivity contribution in [3.63, 3.8) is 0 Å². The molecule has 0 aromatic carbocycles. The molecule has 3 N–H and O–H groups in total. The van der Waals surface area contributed by atoms with Crippen LogP contribution in [0.15, 0.2) is 0 Å². The van der Waals surface area contributed by atoms with Crippen LogP contribution >= 0.6 is 0 Å². The first-order chi connectivity index (χ1) is 4.30. The zero-order chi connectivity index (χ0) is 6.69. The van der Waals surface area contributed by atoms with E-state index in [1.807, 2.05) is 0 Å². The molecule has 1 rings (SSSR count). The monoisotopic (exact) mass is 129 g/mol. The topological polar surface area (TPSA) is 55.5 Å². The van der Waals surface area contributed by atoms with E-state index in [0.717, 1.165) is 19.3 Å². The van der Waals surface area contributed by atoms with Crippen LogP contribution in [0.25, 0.3) is 0 Å². The number of rotatable bonds is 0. The molecule has 9 heavy (non-hydrogen) atoms. The van der Waals surface area contributed by atoms with E-state index in [2.05, 4.69) is 0 Å². The molecule has 0 saturated carbocycles. The van der Waals surface area contributed by atoms with Gasteiger partial charge in [-0.25, -0.2) is 0 Å². The van der Waals surface area contributed by atoms with Crippen LogP contribution in [0.2, 0.25) is 0 Å². The lowest BCUT2D eigenvalue weighted by atomic mass is 9.78. The molecule has 1 aliphatic rings. The van der Waals surface area contributed by atoms with Gasteiger partial charge < -0.3 is 15.4 Å². The van der Waals surface area contributed by atoms with E-state index >= 15 is 0 Å². The van der Waals surface area contributed by atoms with E-state index in [-0.39, 0.29) is 5.94 Å². The number of hydrogen-bond acceptors (Lipinski definition) is 3. The average Bonchev–Trinajstić information content (AvgIpc) is 1.99. The zero-order valence-electron chi connectivity index (χ0n) is 5.42. The lowest BCUT2D eigenvalue weighted by Gasteiger charge is -2.08. The summed E-state index contributed by atoms with van der Waals surface area (Å²) in [6.07, 6.45) is 2.96. The Labute approximate surface area is 55.3 Å². The summed E-state index contributed by atoms with van der Waals surface area (Å²) in [4.78, 5) is 0. The Hall–Kier alpha value is -0.0551. The SMILES string of the molecule is NC1CCCCOB1O. The molecule has 0 radical (unpaired) electrons. The smallest absolute Gasteiger partial charge is 0.426 e. The maximum absolute atomic E-state index is 9.01. The molecule has 1 heterocycles. The number of hydrogen-bond donors (Lipinski definition) is 2. The zero-order valence-corrected chi connectivity index (χ0v) is 5.42. The summed E-state index contributed by atoms with van der Waals surface area (Å²) in [5, 5.41) is 9.01. The fourth-order valence-electron chi connectivity index (χ4n) is 0.952. The first-order valence-corrected chi connectivity index (χ1v) is 3.36. The molecule has 1 aliphatic heterocycles. The first kappa shape index (κ1) is 7.06. The Morgan fingerprint density at radius 3 is 3.11 bits per heavy atom. The second-order valence-corrected chi connectivity index (χ2v) is 2.42. The number of nitrogens with two attached hydrogens (primary N) is 1. The third-order valence-electron chi connectivity index (χ3n) is 1.59. The molecule has 0 aromatic rings. The van der Waals surface area contributed by atoms with Gasteiger partial charge >= 0.3 is 7.12 Å². The average molecular weight is 129 g/mol. The second kappa shape index (κ2) is 3.20. The van der Waals surface area contributed by atoms with Gasteiger partial charge in [0.1, 0.15) is 0 Å². The van der Waals surface area contributed by atoms with E-state index in [1.54, 1.807) is 0 Å². The molecule has 1 unspecified atom stereocenters. The third-order valence-corrected chi connectivity index (χ3v) is 1.59. The molecule has 1 saturated heterocycles. The van der Waals surface area contributed by atoms with Crippen LogP contribution < -0.4 is 5.73 Å². The quantitative estimate of drug-likeness (QED) is 0.435. The second-order valence-electron chi connectivity index (χ2n) is 2.42. The van der Waals surface area contributed by atoms with Crippen molar-refractivity contribution in [2.75, 3.05) is 6.61 Å². The maximum atomic E-state index is 9.01. The van der Waals surface area contributed by atoms with Gasteiger partial charge in [-0.05, 0) is 12.8 Å². The van der Waals surface area contributed by atoms with E-state index in [1.165, 1.54) is 0 Å². The molecule has 0 aliphatic carbocycles. The molecule has 0 aromatic heterocycles. The summed E-state index contributed by atoms with van der Waals surface area (Å²) in [6.45, 7) is 0.648. The van der Waals surface area contributed by atoms with Crippen molar-refractivity contribution in [3.05, 3.63) is 0 Å². The summed E-state index contributed by atoms with van der Waals surface area (Å²) < 4.78 is 4.95. The minimum Gasteiger partial charge on any atom is -0.426 e. The summed E-state index contributed by atoms with van der Waals surface area (Å²) in [6, 6.07) is 0. The fourth-order valence-corrected chi connectivity index (χ4v) is 0.952. The van der Waals surface area contributed by atoms with Crippen LogP contribution in [0.1, 0.15) is 19.3 Å². The Balaban J connectivity index is 2.32. The van der Waals surface area contributed by atoms with Gasteiger partial charge in [-0.2, -0.15) is 0 Å². The van der Waals surface area contributed by atoms with Gasteiger partial charge in [0.25, 0.3) is 0 Å². The van der Waals surface area contributed by atoms with Gasteiger partial charge in [0, 0.05) is 12.5 Å². The molecule has 52 valence electrons. The van der Waals surface area contributed by atoms with E-state index in [0.29, 0.717) is 6.61 Å². The van der Waals surface area contributed by atoms with Crippen molar-refractivity contribution in [2.45, 2.75) is 25.2 Å². The molecule has 1 atom stereocenters. The predicted molar refractivity (Wildman–Crippen MR) is 35.8 cm³/mol. The molecule has 3 nitrogen and oxygen atoms in total. The minimum atomic E-state index is -0.729. The molecule has 0 amide bonds. The highest BCUT2D eigenvalue weighted by atomic mass is 16.5. The molecular formula is C5H12BNO2. The molecular weight excluding hydrogens is 117 g/mol. The standard InChI is InChI=1S/C5H12BNO2/c7-5-3-1-2-4-9-6(5)8/h5,8H,1-4,7H2. The van der Waals surface area contributed by atoms with Crippen molar-refractivity contribution in [3.8, 4) is 0 Å². The lowest BCUT2D eigenvalue weighted by Crippen LogP contribution is -2.39. The Bertz CT molecular complexity index is 81.0. The van der Waals surface area contributed by atoms with Crippen molar-refractivity contribution in [2.24, 2.45) is 5.73 Å². The van der Waals surface area contributed by atoms with Crippen molar-refractivity contribution in [1.29, 1.82) is 0 Å². The Morgan fingerprint density at radius 1 is 1.56 bits per heavy atom. The van der Waals surface area contributed by atoms with Gasteiger partial charge in [0.2, 0.25) is 0 Å². The minimum absolute atomic E-state index is 0.174. The van der Waals surface area contributed by atoms with Gasteiger partial charge in [-0.15, -0.1) is 0 Å². The van der Waals surface area contributed by atoms with Crippen LogP contribution in [0.3, 0.4) is 0 Å². The normalized spacial score (nSPS) is 30.0.